The summed E-state index contributed by atoms with van der Waals surface area (Å²) in [6, 6.07) is 4.72. The molecular formula is C16H18N4O3. The number of pyridine rings is 1. The predicted molar refractivity (Wildman–Crippen MR) is 84.4 cm³/mol. The normalized spacial score (nSPS) is 18.0. The summed E-state index contributed by atoms with van der Waals surface area (Å²) in [5.41, 5.74) is 0.367. The number of nitrogens with zero attached hydrogens (tertiary/aromatic N) is 3. The average molecular weight is 314 g/mol. The average Bonchev–Trinajstić information content (AvgIpc) is 2.57. The molecule has 0 radical (unpaired) electrons. The lowest BCUT2D eigenvalue weighted by atomic mass is 9.94. The number of carbonyl (C=O) groups is 1. The van der Waals surface area contributed by atoms with Gasteiger partial charge < -0.3 is 14.5 Å². The first-order valence-electron chi connectivity index (χ1n) is 7.56. The highest BCUT2D eigenvalue weighted by molar-refractivity contribution is 5.93. The van der Waals surface area contributed by atoms with Gasteiger partial charge in [-0.2, -0.15) is 0 Å². The van der Waals surface area contributed by atoms with Crippen molar-refractivity contribution in [2.24, 2.45) is 7.05 Å². The molecule has 1 aliphatic heterocycles. The molecule has 1 unspecified atom stereocenters. The van der Waals surface area contributed by atoms with Gasteiger partial charge in [-0.15, -0.1) is 0 Å². The Balaban J connectivity index is 1.83. The molecule has 1 atom stereocenters. The van der Waals surface area contributed by atoms with Gasteiger partial charge in [0.15, 0.2) is 0 Å². The van der Waals surface area contributed by atoms with Gasteiger partial charge in [0.2, 0.25) is 0 Å². The van der Waals surface area contributed by atoms with E-state index in [0.29, 0.717) is 18.8 Å². The lowest BCUT2D eigenvalue weighted by Crippen LogP contribution is -2.42. The van der Waals surface area contributed by atoms with Crippen molar-refractivity contribution in [2.75, 3.05) is 13.1 Å². The van der Waals surface area contributed by atoms with Crippen LogP contribution in [0.25, 0.3) is 0 Å². The highest BCUT2D eigenvalue weighted by Gasteiger charge is 2.27. The number of hydrogen-bond donors (Lipinski definition) is 1. The Labute approximate surface area is 132 Å². The quantitative estimate of drug-likeness (QED) is 0.874. The second-order valence-electron chi connectivity index (χ2n) is 5.76. The predicted octanol–water partition coefficient (Wildman–Crippen LogP) is 0.488. The van der Waals surface area contributed by atoms with Crippen molar-refractivity contribution in [3.8, 4) is 0 Å². The maximum atomic E-state index is 12.6. The molecule has 0 aromatic carbocycles. The lowest BCUT2D eigenvalue weighted by Gasteiger charge is -2.32. The van der Waals surface area contributed by atoms with Gasteiger partial charge in [0.25, 0.3) is 17.0 Å². The Kier molecular flexibility index (Phi) is 4.10. The topological polar surface area (TPSA) is 88.1 Å². The third kappa shape index (κ3) is 3.08. The first-order chi connectivity index (χ1) is 11.1. The van der Waals surface area contributed by atoms with Crippen molar-refractivity contribution in [1.82, 2.24) is 19.4 Å². The summed E-state index contributed by atoms with van der Waals surface area (Å²) in [5.74, 6) is -0.247. The van der Waals surface area contributed by atoms with E-state index in [4.69, 9.17) is 0 Å². The number of carbonyl (C=O) groups excluding carboxylic acids is 1. The summed E-state index contributed by atoms with van der Waals surface area (Å²) >= 11 is 0. The van der Waals surface area contributed by atoms with E-state index < -0.39 is 0 Å². The van der Waals surface area contributed by atoms with Crippen LogP contribution in [-0.2, 0) is 7.05 Å². The first kappa shape index (κ1) is 15.2. The number of nitrogens with one attached hydrogen (secondary N) is 1. The van der Waals surface area contributed by atoms with Crippen molar-refractivity contribution in [3.05, 3.63) is 62.7 Å². The van der Waals surface area contributed by atoms with E-state index in [2.05, 4.69) is 9.97 Å². The van der Waals surface area contributed by atoms with Gasteiger partial charge in [0.1, 0.15) is 5.56 Å². The van der Waals surface area contributed by atoms with Gasteiger partial charge in [0, 0.05) is 38.3 Å². The van der Waals surface area contributed by atoms with Crippen molar-refractivity contribution in [3.63, 3.8) is 0 Å². The molecule has 3 rings (SSSR count). The van der Waals surface area contributed by atoms with Crippen molar-refractivity contribution in [1.29, 1.82) is 0 Å². The van der Waals surface area contributed by atoms with Crippen LogP contribution in [0.2, 0.25) is 0 Å². The standard InChI is InChI=1S/C16H18N4O3/c1-19-6-3-5-12(15(19)22)16(23)20-7-2-4-11(9-20)13-8-14(21)18-10-17-13/h3,5-6,8,10-11H,2,4,7,9H2,1H3,(H,17,18,21). The van der Waals surface area contributed by atoms with Crippen LogP contribution in [-0.4, -0.2) is 38.4 Å². The van der Waals surface area contributed by atoms with Crippen LogP contribution in [0, 0.1) is 0 Å². The fourth-order valence-corrected chi connectivity index (χ4v) is 2.94. The van der Waals surface area contributed by atoms with Gasteiger partial charge in [-0.05, 0) is 25.0 Å². The Morgan fingerprint density at radius 1 is 1.39 bits per heavy atom. The second-order valence-corrected chi connectivity index (χ2v) is 5.76. The van der Waals surface area contributed by atoms with Crippen LogP contribution >= 0.6 is 0 Å². The molecule has 2 aromatic heterocycles. The first-order valence-corrected chi connectivity index (χ1v) is 7.56. The zero-order valence-electron chi connectivity index (χ0n) is 12.9. The van der Waals surface area contributed by atoms with Gasteiger partial charge in [-0.1, -0.05) is 0 Å². The number of aromatic amines is 1. The molecule has 1 amide bonds. The van der Waals surface area contributed by atoms with Crippen molar-refractivity contribution >= 4 is 5.91 Å². The molecule has 1 saturated heterocycles. The van der Waals surface area contributed by atoms with Crippen LogP contribution in [0.5, 0.6) is 0 Å². The zero-order valence-corrected chi connectivity index (χ0v) is 12.9. The maximum Gasteiger partial charge on any atom is 0.263 e. The zero-order chi connectivity index (χ0) is 16.4. The van der Waals surface area contributed by atoms with Gasteiger partial charge in [0.05, 0.1) is 12.0 Å². The number of amides is 1. The molecule has 1 fully saturated rings. The summed E-state index contributed by atoms with van der Waals surface area (Å²) in [4.78, 5) is 44.5. The van der Waals surface area contributed by atoms with Crippen LogP contribution in [0.1, 0.15) is 34.8 Å². The SMILES string of the molecule is Cn1cccc(C(=O)N2CCCC(c3cc(=O)[nH]cn3)C2)c1=O. The van der Waals surface area contributed by atoms with Crippen LogP contribution < -0.4 is 11.1 Å². The fourth-order valence-electron chi connectivity index (χ4n) is 2.94. The minimum Gasteiger partial charge on any atom is -0.338 e. The monoisotopic (exact) mass is 314 g/mol. The summed E-state index contributed by atoms with van der Waals surface area (Å²) in [6.45, 7) is 1.07. The molecule has 1 aliphatic rings. The third-order valence-corrected chi connectivity index (χ3v) is 4.18. The second kappa shape index (κ2) is 6.20. The van der Waals surface area contributed by atoms with E-state index in [1.54, 1.807) is 30.3 Å². The van der Waals surface area contributed by atoms with Crippen LogP contribution in [0.15, 0.2) is 40.3 Å². The molecule has 0 aliphatic carbocycles. The number of rotatable bonds is 2. The molecule has 0 saturated carbocycles. The largest absolute Gasteiger partial charge is 0.338 e. The summed E-state index contributed by atoms with van der Waals surface area (Å²) in [5, 5.41) is 0. The van der Waals surface area contributed by atoms with Crippen molar-refractivity contribution < 1.29 is 4.79 Å². The minimum atomic E-state index is -0.297. The van der Waals surface area contributed by atoms with Gasteiger partial charge >= 0.3 is 0 Å². The molecule has 7 nitrogen and oxygen atoms in total. The summed E-state index contributed by atoms with van der Waals surface area (Å²) in [6.07, 6.45) is 4.69. The number of likely N-dealkylation sites (tertiary alicyclic amines) is 1. The Bertz CT molecular complexity index is 839. The minimum absolute atomic E-state index is 0.0163. The van der Waals surface area contributed by atoms with E-state index in [1.165, 1.54) is 17.0 Å². The smallest absolute Gasteiger partial charge is 0.263 e. The van der Waals surface area contributed by atoms with Crippen molar-refractivity contribution in [2.45, 2.75) is 18.8 Å². The molecule has 2 aromatic rings. The molecule has 3 heterocycles. The molecule has 120 valence electrons. The van der Waals surface area contributed by atoms with E-state index in [0.717, 1.165) is 12.8 Å². The molecular weight excluding hydrogens is 296 g/mol. The van der Waals surface area contributed by atoms with Crippen LogP contribution in [0.3, 0.4) is 0 Å². The number of aromatic nitrogens is 3. The molecule has 0 spiro atoms. The Hall–Kier alpha value is -2.70. The number of hydrogen-bond acceptors (Lipinski definition) is 4. The number of aryl methyl sites for hydroxylation is 1. The van der Waals surface area contributed by atoms with E-state index >= 15 is 0 Å². The van der Waals surface area contributed by atoms with E-state index in [9.17, 15) is 14.4 Å². The number of H-pyrrole nitrogens is 1. The highest BCUT2D eigenvalue weighted by Crippen LogP contribution is 2.25. The summed E-state index contributed by atoms with van der Waals surface area (Å²) < 4.78 is 1.40. The molecule has 23 heavy (non-hydrogen) atoms. The van der Waals surface area contributed by atoms with E-state index in [1.807, 2.05) is 0 Å². The fraction of sp³-hybridized carbons (Fsp3) is 0.375. The number of piperidine rings is 1. The van der Waals surface area contributed by atoms with Crippen LogP contribution in [0.4, 0.5) is 0 Å². The molecule has 7 heteroatoms. The Morgan fingerprint density at radius 2 is 2.22 bits per heavy atom. The molecule has 1 N–H and O–H groups in total. The van der Waals surface area contributed by atoms with E-state index in [-0.39, 0.29) is 28.5 Å². The third-order valence-electron chi connectivity index (χ3n) is 4.18. The molecule has 0 bridgehead atoms. The maximum absolute atomic E-state index is 12.6. The summed E-state index contributed by atoms with van der Waals surface area (Å²) in [7, 11) is 1.62. The highest BCUT2D eigenvalue weighted by atomic mass is 16.2. The Morgan fingerprint density at radius 3 is 3.00 bits per heavy atom. The van der Waals surface area contributed by atoms with Gasteiger partial charge in [-0.25, -0.2) is 4.98 Å². The van der Waals surface area contributed by atoms with Gasteiger partial charge in [-0.3, -0.25) is 14.4 Å². The lowest BCUT2D eigenvalue weighted by molar-refractivity contribution is 0.0703.